The Morgan fingerprint density at radius 2 is 2.04 bits per heavy atom. The molecule has 0 spiro atoms. The number of benzene rings is 1. The van der Waals surface area contributed by atoms with Crippen molar-refractivity contribution in [1.29, 1.82) is 0 Å². The van der Waals surface area contributed by atoms with Crippen LogP contribution in [-0.4, -0.2) is 32.2 Å². The van der Waals surface area contributed by atoms with E-state index in [1.165, 1.54) is 0 Å². The molecule has 1 atom stereocenters. The van der Waals surface area contributed by atoms with E-state index in [0.29, 0.717) is 22.3 Å². The molecular weight excluding hydrogens is 330 g/mol. The van der Waals surface area contributed by atoms with Gasteiger partial charge in [0.2, 0.25) is 5.95 Å². The van der Waals surface area contributed by atoms with Crippen LogP contribution >= 0.6 is 11.6 Å². The number of para-hydroxylation sites is 1. The summed E-state index contributed by atoms with van der Waals surface area (Å²) in [6, 6.07) is 12.4. The van der Waals surface area contributed by atoms with Crippen molar-refractivity contribution in [2.24, 2.45) is 0 Å². The molecule has 0 aliphatic heterocycles. The maximum absolute atomic E-state index is 12.2. The van der Waals surface area contributed by atoms with Gasteiger partial charge in [-0.2, -0.15) is 4.98 Å². The molecule has 0 saturated heterocycles. The Bertz CT molecular complexity index is 837. The van der Waals surface area contributed by atoms with Crippen LogP contribution in [0.5, 0.6) is 5.75 Å². The van der Waals surface area contributed by atoms with Crippen molar-refractivity contribution in [3.05, 3.63) is 53.7 Å². The second kappa shape index (κ2) is 7.10. The lowest BCUT2D eigenvalue weighted by atomic mass is 10.3. The number of ether oxygens (including phenoxy) is 1. The topological polar surface area (TPSA) is 92.8 Å². The maximum Gasteiger partial charge on any atom is 0.267 e. The average molecular weight is 344 g/mol. The number of H-pyrrole nitrogens is 1. The molecular formula is C16H14ClN5O2. The van der Waals surface area contributed by atoms with Crippen LogP contribution in [0.2, 0.25) is 5.02 Å². The van der Waals surface area contributed by atoms with Crippen LogP contribution in [0.25, 0.3) is 11.5 Å². The lowest BCUT2D eigenvalue weighted by Crippen LogP contribution is -2.30. The summed E-state index contributed by atoms with van der Waals surface area (Å²) in [5.74, 6) is 0.660. The third kappa shape index (κ3) is 3.69. The molecule has 8 heteroatoms. The van der Waals surface area contributed by atoms with E-state index in [1.807, 2.05) is 6.07 Å². The minimum Gasteiger partial charge on any atom is -0.479 e. The summed E-state index contributed by atoms with van der Waals surface area (Å²) in [7, 11) is 0. The fourth-order valence-electron chi connectivity index (χ4n) is 1.93. The highest BCUT2D eigenvalue weighted by Crippen LogP contribution is 2.24. The van der Waals surface area contributed by atoms with Gasteiger partial charge in [0.15, 0.2) is 11.9 Å². The standard InChI is InChI=1S/C16H14ClN5O2/c1-10(24-13-8-3-2-6-11(13)17)15(23)20-16-19-14(21-22-16)12-7-4-5-9-18-12/h2-10H,1H3,(H2,19,20,21,22,23)/t10-/m1/s1. The number of halogens is 1. The number of nitrogens with one attached hydrogen (secondary N) is 2. The van der Waals surface area contributed by atoms with Crippen molar-refractivity contribution in [3.8, 4) is 17.3 Å². The largest absolute Gasteiger partial charge is 0.479 e. The summed E-state index contributed by atoms with van der Waals surface area (Å²) in [5.41, 5.74) is 0.630. The average Bonchev–Trinajstić information content (AvgIpc) is 3.06. The predicted octanol–water partition coefficient (Wildman–Crippen LogP) is 2.93. The number of carbonyl (C=O) groups is 1. The van der Waals surface area contributed by atoms with Gasteiger partial charge in [0.05, 0.1) is 5.02 Å². The fraction of sp³-hybridized carbons (Fsp3) is 0.125. The van der Waals surface area contributed by atoms with Crippen molar-refractivity contribution >= 4 is 23.5 Å². The van der Waals surface area contributed by atoms with Gasteiger partial charge in [-0.15, -0.1) is 5.10 Å². The number of pyridine rings is 1. The number of carbonyl (C=O) groups excluding carboxylic acids is 1. The Kier molecular flexibility index (Phi) is 4.72. The molecule has 3 rings (SSSR count). The third-order valence-electron chi connectivity index (χ3n) is 3.14. The van der Waals surface area contributed by atoms with Crippen LogP contribution in [-0.2, 0) is 4.79 Å². The van der Waals surface area contributed by atoms with Gasteiger partial charge in [0, 0.05) is 6.20 Å². The lowest BCUT2D eigenvalue weighted by Gasteiger charge is -2.14. The number of hydrogen-bond acceptors (Lipinski definition) is 5. The number of anilines is 1. The minimum absolute atomic E-state index is 0.148. The van der Waals surface area contributed by atoms with E-state index in [2.05, 4.69) is 25.5 Å². The highest BCUT2D eigenvalue weighted by atomic mass is 35.5. The molecule has 0 saturated carbocycles. The Balaban J connectivity index is 1.65. The van der Waals surface area contributed by atoms with E-state index in [1.54, 1.807) is 49.5 Å². The van der Waals surface area contributed by atoms with Gasteiger partial charge in [0.1, 0.15) is 11.4 Å². The number of nitrogens with zero attached hydrogens (tertiary/aromatic N) is 3. The third-order valence-corrected chi connectivity index (χ3v) is 3.45. The Labute approximate surface area is 143 Å². The van der Waals surface area contributed by atoms with E-state index >= 15 is 0 Å². The second-order valence-corrected chi connectivity index (χ2v) is 5.31. The van der Waals surface area contributed by atoms with Crippen LogP contribution in [0, 0.1) is 0 Å². The van der Waals surface area contributed by atoms with Crippen molar-refractivity contribution < 1.29 is 9.53 Å². The van der Waals surface area contributed by atoms with Gasteiger partial charge in [0.25, 0.3) is 5.91 Å². The second-order valence-electron chi connectivity index (χ2n) is 4.90. The lowest BCUT2D eigenvalue weighted by molar-refractivity contribution is -0.122. The molecule has 122 valence electrons. The van der Waals surface area contributed by atoms with Gasteiger partial charge in [-0.1, -0.05) is 29.8 Å². The van der Waals surface area contributed by atoms with Crippen molar-refractivity contribution in [2.75, 3.05) is 5.32 Å². The number of aromatic nitrogens is 4. The van der Waals surface area contributed by atoms with Crippen LogP contribution in [0.15, 0.2) is 48.7 Å². The first kappa shape index (κ1) is 15.9. The zero-order valence-corrected chi connectivity index (χ0v) is 13.5. The monoisotopic (exact) mass is 343 g/mol. The highest BCUT2D eigenvalue weighted by molar-refractivity contribution is 6.32. The highest BCUT2D eigenvalue weighted by Gasteiger charge is 2.18. The van der Waals surface area contributed by atoms with Gasteiger partial charge >= 0.3 is 0 Å². The van der Waals surface area contributed by atoms with Crippen LogP contribution in [0.3, 0.4) is 0 Å². The van der Waals surface area contributed by atoms with E-state index < -0.39 is 6.10 Å². The van der Waals surface area contributed by atoms with E-state index in [9.17, 15) is 4.79 Å². The van der Waals surface area contributed by atoms with E-state index in [0.717, 1.165) is 0 Å². The zero-order valence-electron chi connectivity index (χ0n) is 12.7. The molecule has 2 N–H and O–H groups in total. The van der Waals surface area contributed by atoms with Crippen LogP contribution in [0.1, 0.15) is 6.92 Å². The summed E-state index contributed by atoms with van der Waals surface area (Å²) in [6.07, 6.45) is 0.886. The molecule has 0 radical (unpaired) electrons. The summed E-state index contributed by atoms with van der Waals surface area (Å²) >= 11 is 6.01. The normalized spacial score (nSPS) is 11.8. The molecule has 24 heavy (non-hydrogen) atoms. The van der Waals surface area contributed by atoms with E-state index in [4.69, 9.17) is 16.3 Å². The first-order chi connectivity index (χ1) is 11.6. The van der Waals surface area contributed by atoms with Gasteiger partial charge in [-0.25, -0.2) is 0 Å². The minimum atomic E-state index is -0.762. The molecule has 0 aliphatic carbocycles. The molecule has 0 unspecified atom stereocenters. The van der Waals surface area contributed by atoms with Gasteiger partial charge in [-0.05, 0) is 31.2 Å². The number of hydrogen-bond donors (Lipinski definition) is 2. The summed E-state index contributed by atoms with van der Waals surface area (Å²) in [6.45, 7) is 1.62. The molecule has 0 fully saturated rings. The van der Waals surface area contributed by atoms with E-state index in [-0.39, 0.29) is 11.9 Å². The first-order valence-electron chi connectivity index (χ1n) is 7.19. The Morgan fingerprint density at radius 1 is 1.25 bits per heavy atom. The Morgan fingerprint density at radius 3 is 2.79 bits per heavy atom. The number of rotatable bonds is 5. The molecule has 1 amide bonds. The van der Waals surface area contributed by atoms with Gasteiger partial charge < -0.3 is 4.74 Å². The van der Waals surface area contributed by atoms with Crippen molar-refractivity contribution in [1.82, 2.24) is 20.2 Å². The molecule has 2 heterocycles. The van der Waals surface area contributed by atoms with Crippen molar-refractivity contribution in [2.45, 2.75) is 13.0 Å². The molecule has 3 aromatic rings. The predicted molar refractivity (Wildman–Crippen MR) is 89.8 cm³/mol. The SMILES string of the molecule is C[C@@H](Oc1ccccc1Cl)C(=O)Nc1n[nH]c(-c2ccccn2)n1. The smallest absolute Gasteiger partial charge is 0.267 e. The molecule has 0 aliphatic rings. The molecule has 2 aromatic heterocycles. The quantitative estimate of drug-likeness (QED) is 0.743. The molecule has 7 nitrogen and oxygen atoms in total. The molecule has 1 aromatic carbocycles. The van der Waals surface area contributed by atoms with Crippen molar-refractivity contribution in [3.63, 3.8) is 0 Å². The molecule has 0 bridgehead atoms. The first-order valence-corrected chi connectivity index (χ1v) is 7.57. The number of amides is 1. The Hall–Kier alpha value is -2.93. The summed E-state index contributed by atoms with van der Waals surface area (Å²) in [4.78, 5) is 20.5. The van der Waals surface area contributed by atoms with Crippen LogP contribution < -0.4 is 10.1 Å². The zero-order chi connectivity index (χ0) is 16.9. The van der Waals surface area contributed by atoms with Crippen LogP contribution in [0.4, 0.5) is 5.95 Å². The maximum atomic E-state index is 12.2. The number of aromatic amines is 1. The fourth-order valence-corrected chi connectivity index (χ4v) is 2.11. The summed E-state index contributed by atoms with van der Waals surface area (Å²) < 4.78 is 5.55. The summed E-state index contributed by atoms with van der Waals surface area (Å²) in [5, 5.41) is 9.70. The van der Waals surface area contributed by atoms with Gasteiger partial charge in [-0.3, -0.25) is 20.2 Å².